The first-order valence-electron chi connectivity index (χ1n) is 10.2. The number of carbonyl (C=O) groups is 1. The molecule has 1 saturated heterocycles. The molecule has 2 aromatic heterocycles. The molecule has 0 unspecified atom stereocenters. The monoisotopic (exact) mass is 409 g/mol. The molecule has 2 aliphatic heterocycles. The third-order valence-corrected chi connectivity index (χ3v) is 5.94. The predicted octanol–water partition coefficient (Wildman–Crippen LogP) is 1.95. The molecule has 9 heteroatoms. The molecule has 30 heavy (non-hydrogen) atoms. The Morgan fingerprint density at radius 3 is 2.97 bits per heavy atom. The summed E-state index contributed by atoms with van der Waals surface area (Å²) in [5.41, 5.74) is 2.79. The van der Waals surface area contributed by atoms with Gasteiger partial charge in [-0.25, -0.2) is 19.3 Å². The number of aromatic nitrogens is 4. The fourth-order valence-corrected chi connectivity index (χ4v) is 4.46. The van der Waals surface area contributed by atoms with Crippen molar-refractivity contribution < 1.29 is 9.18 Å². The van der Waals surface area contributed by atoms with Crippen LogP contribution in [0, 0.1) is 12.7 Å². The first-order chi connectivity index (χ1) is 14.5. The second-order valence-electron chi connectivity index (χ2n) is 8.05. The molecule has 2 N–H and O–H groups in total. The molecule has 1 aromatic carbocycles. The SMILES string of the molecule is Cc1nc2cc(F)cc3c2n1CCCN(C)C(=O)[C@@H]1C[C@@H](CN1)Nc1nccc-3n1. The van der Waals surface area contributed by atoms with Crippen molar-refractivity contribution in [2.45, 2.75) is 38.4 Å². The van der Waals surface area contributed by atoms with Gasteiger partial charge in [-0.3, -0.25) is 4.79 Å². The van der Waals surface area contributed by atoms with E-state index in [-0.39, 0.29) is 23.8 Å². The highest BCUT2D eigenvalue weighted by Gasteiger charge is 2.31. The third-order valence-electron chi connectivity index (χ3n) is 5.94. The fraction of sp³-hybridized carbons (Fsp3) is 0.429. The molecule has 8 nitrogen and oxygen atoms in total. The van der Waals surface area contributed by atoms with Crippen molar-refractivity contribution in [3.63, 3.8) is 0 Å². The lowest BCUT2D eigenvalue weighted by atomic mass is 10.1. The predicted molar refractivity (Wildman–Crippen MR) is 112 cm³/mol. The number of benzene rings is 1. The summed E-state index contributed by atoms with van der Waals surface area (Å²) in [5.74, 6) is 1.03. The first-order valence-corrected chi connectivity index (χ1v) is 10.2. The van der Waals surface area contributed by atoms with E-state index in [1.165, 1.54) is 12.1 Å². The zero-order valence-electron chi connectivity index (χ0n) is 17.0. The average Bonchev–Trinajstić information content (AvgIpc) is 3.30. The lowest BCUT2D eigenvalue weighted by Crippen LogP contribution is -2.42. The zero-order chi connectivity index (χ0) is 20.8. The number of likely N-dealkylation sites (N-methyl/N-ethyl adjacent to an activating group) is 1. The smallest absolute Gasteiger partial charge is 0.239 e. The van der Waals surface area contributed by atoms with Crippen LogP contribution < -0.4 is 10.6 Å². The summed E-state index contributed by atoms with van der Waals surface area (Å²) in [6.45, 7) is 3.89. The van der Waals surface area contributed by atoms with Crippen LogP contribution in [0.25, 0.3) is 22.3 Å². The minimum Gasteiger partial charge on any atom is -0.350 e. The Labute approximate surface area is 173 Å². The molecule has 2 aliphatic rings. The summed E-state index contributed by atoms with van der Waals surface area (Å²) in [6, 6.07) is 4.59. The molecule has 0 saturated carbocycles. The number of hydrogen-bond donors (Lipinski definition) is 2. The quantitative estimate of drug-likeness (QED) is 0.590. The van der Waals surface area contributed by atoms with Crippen LogP contribution >= 0.6 is 0 Å². The maximum absolute atomic E-state index is 14.4. The van der Waals surface area contributed by atoms with Crippen molar-refractivity contribution in [3.05, 3.63) is 36.0 Å². The number of halogens is 1. The standard InChI is InChI=1S/C21H24FN7O/c1-12-25-17-9-13(22)8-15-16-4-5-23-21(27-16)26-14-10-18(24-11-14)20(30)28(2)6-3-7-29(12)19(15)17/h4-5,8-9,14,18,24H,3,6-7,10-11H2,1-2H3,(H,23,26,27)/t14-,18-/m0/s1. The molecule has 3 aromatic rings. The number of rotatable bonds is 0. The van der Waals surface area contributed by atoms with Crippen LogP contribution in [0.3, 0.4) is 0 Å². The zero-order valence-corrected chi connectivity index (χ0v) is 17.0. The van der Waals surface area contributed by atoms with E-state index >= 15 is 0 Å². The highest BCUT2D eigenvalue weighted by atomic mass is 19.1. The molecule has 156 valence electrons. The number of fused-ring (bicyclic) bond motifs is 5. The normalized spacial score (nSPS) is 22.0. The van der Waals surface area contributed by atoms with E-state index in [1.807, 2.05) is 14.0 Å². The Bertz CT molecular complexity index is 1130. The van der Waals surface area contributed by atoms with E-state index in [2.05, 4.69) is 30.2 Å². The molecule has 0 radical (unpaired) electrons. The van der Waals surface area contributed by atoms with Gasteiger partial charge in [-0.2, -0.15) is 0 Å². The van der Waals surface area contributed by atoms with Gasteiger partial charge in [-0.05, 0) is 31.9 Å². The topological polar surface area (TPSA) is 88.0 Å². The fourth-order valence-electron chi connectivity index (χ4n) is 4.46. The summed E-state index contributed by atoms with van der Waals surface area (Å²) < 4.78 is 16.5. The molecule has 0 spiro atoms. The molecule has 1 fully saturated rings. The Morgan fingerprint density at radius 2 is 2.10 bits per heavy atom. The molecule has 4 heterocycles. The number of carbonyl (C=O) groups excluding carboxylic acids is 1. The maximum atomic E-state index is 14.4. The van der Waals surface area contributed by atoms with Crippen LogP contribution in [0.1, 0.15) is 18.7 Å². The molecular weight excluding hydrogens is 385 g/mol. The van der Waals surface area contributed by atoms with Gasteiger partial charge in [0, 0.05) is 50.6 Å². The van der Waals surface area contributed by atoms with Gasteiger partial charge in [0.25, 0.3) is 0 Å². The number of imidazole rings is 1. The Morgan fingerprint density at radius 1 is 1.23 bits per heavy atom. The Balaban J connectivity index is 1.65. The van der Waals surface area contributed by atoms with Crippen LogP contribution in [-0.2, 0) is 11.3 Å². The maximum Gasteiger partial charge on any atom is 0.239 e. The van der Waals surface area contributed by atoms with Crippen molar-refractivity contribution in [1.29, 1.82) is 0 Å². The largest absolute Gasteiger partial charge is 0.350 e. The van der Waals surface area contributed by atoms with Crippen LogP contribution in [-0.4, -0.2) is 62.5 Å². The molecule has 1 amide bonds. The van der Waals surface area contributed by atoms with E-state index < -0.39 is 0 Å². The first kappa shape index (κ1) is 18.9. The van der Waals surface area contributed by atoms with Gasteiger partial charge >= 0.3 is 0 Å². The third kappa shape index (κ3) is 3.28. The molecule has 5 rings (SSSR count). The minimum absolute atomic E-state index is 0.0491. The van der Waals surface area contributed by atoms with E-state index in [1.54, 1.807) is 17.2 Å². The summed E-state index contributed by atoms with van der Waals surface area (Å²) in [6.07, 6.45) is 3.12. The lowest BCUT2D eigenvalue weighted by Gasteiger charge is -2.21. The van der Waals surface area contributed by atoms with Crippen molar-refractivity contribution >= 4 is 22.9 Å². The van der Waals surface area contributed by atoms with Crippen molar-refractivity contribution in [1.82, 2.24) is 29.7 Å². The number of anilines is 1. The van der Waals surface area contributed by atoms with Crippen molar-refractivity contribution in [2.75, 3.05) is 25.5 Å². The van der Waals surface area contributed by atoms with E-state index in [4.69, 9.17) is 0 Å². The van der Waals surface area contributed by atoms with Gasteiger partial charge in [0.2, 0.25) is 11.9 Å². The second-order valence-corrected chi connectivity index (χ2v) is 8.05. The van der Waals surface area contributed by atoms with Gasteiger partial charge in [-0.1, -0.05) is 0 Å². The number of amides is 1. The van der Waals surface area contributed by atoms with Gasteiger partial charge in [0.05, 0.1) is 22.8 Å². The number of aryl methyl sites for hydroxylation is 2. The van der Waals surface area contributed by atoms with Gasteiger partial charge < -0.3 is 20.1 Å². The number of nitrogens with zero attached hydrogens (tertiary/aromatic N) is 5. The van der Waals surface area contributed by atoms with Crippen LogP contribution in [0.4, 0.5) is 10.3 Å². The highest BCUT2D eigenvalue weighted by molar-refractivity contribution is 5.92. The average molecular weight is 409 g/mol. The second kappa shape index (κ2) is 7.32. The molecule has 0 aliphatic carbocycles. The van der Waals surface area contributed by atoms with Crippen molar-refractivity contribution in [3.8, 4) is 11.3 Å². The molecule has 4 bridgehead atoms. The van der Waals surface area contributed by atoms with Crippen molar-refractivity contribution in [2.24, 2.45) is 0 Å². The Kier molecular flexibility index (Phi) is 4.62. The summed E-state index contributed by atoms with van der Waals surface area (Å²) in [5, 5.41) is 6.62. The van der Waals surface area contributed by atoms with E-state index in [9.17, 15) is 9.18 Å². The van der Waals surface area contributed by atoms with E-state index in [0.717, 1.165) is 17.8 Å². The number of nitrogens with one attached hydrogen (secondary N) is 2. The number of hydrogen-bond acceptors (Lipinski definition) is 6. The van der Waals surface area contributed by atoms with Crippen LogP contribution in [0.15, 0.2) is 24.4 Å². The molecule has 2 atom stereocenters. The van der Waals surface area contributed by atoms with E-state index in [0.29, 0.717) is 48.8 Å². The highest BCUT2D eigenvalue weighted by Crippen LogP contribution is 2.30. The summed E-state index contributed by atoms with van der Waals surface area (Å²) in [4.78, 5) is 28.1. The Hall–Kier alpha value is -3.07. The van der Waals surface area contributed by atoms with Gasteiger partial charge in [0.1, 0.15) is 11.6 Å². The van der Waals surface area contributed by atoms with Crippen LogP contribution in [0.2, 0.25) is 0 Å². The summed E-state index contributed by atoms with van der Waals surface area (Å²) in [7, 11) is 1.84. The van der Waals surface area contributed by atoms with Gasteiger partial charge in [-0.15, -0.1) is 0 Å². The summed E-state index contributed by atoms with van der Waals surface area (Å²) >= 11 is 0. The minimum atomic E-state index is -0.346. The van der Waals surface area contributed by atoms with Crippen LogP contribution in [0.5, 0.6) is 0 Å². The lowest BCUT2D eigenvalue weighted by molar-refractivity contribution is -0.131. The van der Waals surface area contributed by atoms with Gasteiger partial charge in [0.15, 0.2) is 0 Å². The molecular formula is C21H24FN7O.